The number of hydrogen-bond acceptors (Lipinski definition) is 5. The van der Waals surface area contributed by atoms with Gasteiger partial charge in [-0.3, -0.25) is 4.79 Å². The fraction of sp³-hybridized carbons (Fsp3) is 0.476. The second-order valence-corrected chi connectivity index (χ2v) is 8.53. The number of unbranched alkanes of at least 4 members (excludes halogenated alkanes) is 1. The van der Waals surface area contributed by atoms with Crippen LogP contribution in [0.5, 0.6) is 5.75 Å². The Morgan fingerprint density at radius 1 is 1.18 bits per heavy atom. The van der Waals surface area contributed by atoms with Crippen molar-refractivity contribution in [1.29, 1.82) is 0 Å². The van der Waals surface area contributed by atoms with Crippen LogP contribution in [0.3, 0.4) is 0 Å². The van der Waals surface area contributed by atoms with Gasteiger partial charge in [-0.25, -0.2) is 0 Å². The lowest BCUT2D eigenvalue weighted by Crippen LogP contribution is -2.35. The molecule has 0 aliphatic rings. The molecule has 7 heteroatoms. The normalized spacial score (nSPS) is 12.5. The first-order valence-corrected chi connectivity index (χ1v) is 11.4. The first-order valence-electron chi connectivity index (χ1n) is 9.62. The Balaban J connectivity index is 2.22. The fourth-order valence-electron chi connectivity index (χ4n) is 3.10. The summed E-state index contributed by atoms with van der Waals surface area (Å²) in [5.74, 6) is 0.998. The van der Waals surface area contributed by atoms with Crippen molar-refractivity contribution in [3.63, 3.8) is 0 Å². The Bertz CT molecular complexity index is 845. The second-order valence-electron chi connectivity index (χ2n) is 6.96. The summed E-state index contributed by atoms with van der Waals surface area (Å²) in [6, 6.07) is 10.4. The van der Waals surface area contributed by atoms with Gasteiger partial charge < -0.3 is 13.5 Å². The average molecular weight is 408 g/mol. The maximum absolute atomic E-state index is 13.2. The Labute approximate surface area is 167 Å². The van der Waals surface area contributed by atoms with Crippen molar-refractivity contribution in [2.24, 2.45) is 5.92 Å². The summed E-state index contributed by atoms with van der Waals surface area (Å²) in [4.78, 5) is 14.9. The zero-order valence-electron chi connectivity index (χ0n) is 16.8. The molecule has 0 fully saturated rings. The first kappa shape index (κ1) is 22.0. The van der Waals surface area contributed by atoms with Crippen molar-refractivity contribution in [2.75, 3.05) is 6.26 Å². The van der Waals surface area contributed by atoms with Gasteiger partial charge in [0.2, 0.25) is 5.91 Å². The SMILES string of the molecule is CCCCC(CC)C(=O)N(Cc1cccc(OS(C)(=O)=O)c1)Cc1ccco1. The lowest BCUT2D eigenvalue weighted by molar-refractivity contribution is -0.137. The number of benzene rings is 1. The van der Waals surface area contributed by atoms with E-state index >= 15 is 0 Å². The van der Waals surface area contributed by atoms with Crippen molar-refractivity contribution >= 4 is 16.0 Å². The highest BCUT2D eigenvalue weighted by Crippen LogP contribution is 2.22. The third-order valence-corrected chi connectivity index (χ3v) is 5.00. The minimum Gasteiger partial charge on any atom is -0.467 e. The molecule has 6 nitrogen and oxygen atoms in total. The summed E-state index contributed by atoms with van der Waals surface area (Å²) >= 11 is 0. The highest BCUT2D eigenvalue weighted by Gasteiger charge is 2.24. The van der Waals surface area contributed by atoms with Gasteiger partial charge >= 0.3 is 10.1 Å². The third kappa shape index (κ3) is 7.03. The lowest BCUT2D eigenvalue weighted by atomic mass is 9.97. The Morgan fingerprint density at radius 3 is 2.57 bits per heavy atom. The van der Waals surface area contributed by atoms with Crippen LogP contribution in [0.15, 0.2) is 47.1 Å². The summed E-state index contributed by atoms with van der Waals surface area (Å²) in [7, 11) is -3.60. The molecule has 1 heterocycles. The number of rotatable bonds is 11. The van der Waals surface area contributed by atoms with E-state index in [1.807, 2.05) is 19.1 Å². The van der Waals surface area contributed by atoms with Gasteiger partial charge in [-0.05, 0) is 42.7 Å². The molecule has 2 aromatic rings. The van der Waals surface area contributed by atoms with Crippen molar-refractivity contribution < 1.29 is 21.8 Å². The van der Waals surface area contributed by atoms with Gasteiger partial charge in [0, 0.05) is 12.5 Å². The predicted octanol–water partition coefficient (Wildman–Crippen LogP) is 4.36. The van der Waals surface area contributed by atoms with Gasteiger partial charge in [-0.2, -0.15) is 8.42 Å². The predicted molar refractivity (Wildman–Crippen MR) is 108 cm³/mol. The quantitative estimate of drug-likeness (QED) is 0.517. The molecule has 1 atom stereocenters. The minimum absolute atomic E-state index is 0.0367. The monoisotopic (exact) mass is 407 g/mol. The molecule has 0 aliphatic heterocycles. The molecule has 1 amide bonds. The van der Waals surface area contributed by atoms with Crippen LogP contribution >= 0.6 is 0 Å². The number of carbonyl (C=O) groups is 1. The lowest BCUT2D eigenvalue weighted by Gasteiger charge is -2.26. The third-order valence-electron chi connectivity index (χ3n) is 4.51. The topological polar surface area (TPSA) is 76.8 Å². The molecule has 0 spiro atoms. The molecule has 0 aliphatic carbocycles. The number of hydrogen-bond donors (Lipinski definition) is 0. The Hall–Kier alpha value is -2.28. The summed E-state index contributed by atoms with van der Waals surface area (Å²) in [5, 5.41) is 0. The van der Waals surface area contributed by atoms with Gasteiger partial charge in [0.15, 0.2) is 0 Å². The Kier molecular flexibility index (Phi) is 8.11. The molecule has 0 saturated carbocycles. The summed E-state index contributed by atoms with van der Waals surface area (Å²) in [6.45, 7) is 4.86. The highest BCUT2D eigenvalue weighted by atomic mass is 32.2. The van der Waals surface area contributed by atoms with Crippen molar-refractivity contribution in [3.05, 3.63) is 54.0 Å². The van der Waals surface area contributed by atoms with E-state index in [1.165, 1.54) is 0 Å². The summed E-state index contributed by atoms with van der Waals surface area (Å²) in [5.41, 5.74) is 0.798. The molecule has 0 bridgehead atoms. The molecule has 1 aromatic carbocycles. The number of amides is 1. The Morgan fingerprint density at radius 2 is 1.96 bits per heavy atom. The minimum atomic E-state index is -3.60. The zero-order valence-corrected chi connectivity index (χ0v) is 17.6. The van der Waals surface area contributed by atoms with E-state index in [0.717, 1.165) is 37.5 Å². The smallest absolute Gasteiger partial charge is 0.306 e. The zero-order chi connectivity index (χ0) is 20.6. The van der Waals surface area contributed by atoms with Crippen LogP contribution in [-0.4, -0.2) is 25.5 Å². The van der Waals surface area contributed by atoms with Crippen LogP contribution < -0.4 is 4.18 Å². The van der Waals surface area contributed by atoms with Gasteiger partial charge in [-0.1, -0.05) is 38.8 Å². The van der Waals surface area contributed by atoms with E-state index in [1.54, 1.807) is 35.4 Å². The van der Waals surface area contributed by atoms with E-state index in [0.29, 0.717) is 18.8 Å². The molecule has 0 saturated heterocycles. The van der Waals surface area contributed by atoms with E-state index < -0.39 is 10.1 Å². The standard InChI is InChI=1S/C21H29NO5S/c1-4-6-10-18(5-2)21(23)22(16-20-12-8-13-26-20)15-17-9-7-11-19(14-17)27-28(3,24)25/h7-9,11-14,18H,4-6,10,15-16H2,1-3H3. The van der Waals surface area contributed by atoms with Crippen LogP contribution in [0.2, 0.25) is 0 Å². The van der Waals surface area contributed by atoms with E-state index in [9.17, 15) is 13.2 Å². The van der Waals surface area contributed by atoms with Crippen LogP contribution in [0, 0.1) is 5.92 Å². The summed E-state index contributed by atoms with van der Waals surface area (Å²) < 4.78 is 33.2. The van der Waals surface area contributed by atoms with E-state index in [-0.39, 0.29) is 17.6 Å². The van der Waals surface area contributed by atoms with E-state index in [2.05, 4.69) is 6.92 Å². The van der Waals surface area contributed by atoms with Crippen molar-refractivity contribution in [1.82, 2.24) is 4.90 Å². The number of furan rings is 1. The summed E-state index contributed by atoms with van der Waals surface area (Å²) in [6.07, 6.45) is 6.30. The largest absolute Gasteiger partial charge is 0.467 e. The van der Waals surface area contributed by atoms with Crippen LogP contribution in [0.25, 0.3) is 0 Å². The molecule has 2 rings (SSSR count). The van der Waals surface area contributed by atoms with Gasteiger partial charge in [0.25, 0.3) is 0 Å². The van der Waals surface area contributed by atoms with Crippen molar-refractivity contribution in [3.8, 4) is 5.75 Å². The molecule has 1 aromatic heterocycles. The van der Waals surface area contributed by atoms with Crippen LogP contribution in [-0.2, 0) is 28.0 Å². The highest BCUT2D eigenvalue weighted by molar-refractivity contribution is 7.86. The second kappa shape index (κ2) is 10.3. The molecule has 154 valence electrons. The molecular formula is C21H29NO5S. The maximum atomic E-state index is 13.2. The fourth-order valence-corrected chi connectivity index (χ4v) is 3.56. The number of carbonyl (C=O) groups excluding carboxylic acids is 1. The van der Waals surface area contributed by atoms with Gasteiger partial charge in [-0.15, -0.1) is 0 Å². The maximum Gasteiger partial charge on any atom is 0.306 e. The molecule has 28 heavy (non-hydrogen) atoms. The number of nitrogens with zero attached hydrogens (tertiary/aromatic N) is 1. The molecular weight excluding hydrogens is 378 g/mol. The first-order chi connectivity index (χ1) is 13.3. The van der Waals surface area contributed by atoms with Crippen LogP contribution in [0.1, 0.15) is 50.9 Å². The molecule has 0 radical (unpaired) electrons. The molecule has 0 N–H and O–H groups in total. The van der Waals surface area contributed by atoms with Crippen molar-refractivity contribution in [2.45, 2.75) is 52.6 Å². The van der Waals surface area contributed by atoms with Gasteiger partial charge in [0.05, 0.1) is 19.1 Å². The van der Waals surface area contributed by atoms with E-state index in [4.69, 9.17) is 8.60 Å². The van der Waals surface area contributed by atoms with Gasteiger partial charge in [0.1, 0.15) is 11.5 Å². The average Bonchev–Trinajstić information content (AvgIpc) is 3.13. The van der Waals surface area contributed by atoms with Crippen LogP contribution in [0.4, 0.5) is 0 Å². The molecule has 1 unspecified atom stereocenters.